The van der Waals surface area contributed by atoms with E-state index in [1.54, 1.807) is 0 Å². The molecule has 3 rings (SSSR count). The largest absolute Gasteiger partial charge is 0.336 e. The molecule has 13 heavy (non-hydrogen) atoms. The van der Waals surface area contributed by atoms with Gasteiger partial charge in [-0.15, -0.1) is 0 Å². The summed E-state index contributed by atoms with van der Waals surface area (Å²) in [6.07, 6.45) is 0. The first-order valence-electron chi connectivity index (χ1n) is 4.58. The maximum Gasteiger partial charge on any atom is 0.198 e. The maximum absolute atomic E-state index is 4.39. The van der Waals surface area contributed by atoms with Gasteiger partial charge in [0.15, 0.2) is 5.96 Å². The highest BCUT2D eigenvalue weighted by atomic mass is 15.3. The topological polar surface area (TPSA) is 27.6 Å². The summed E-state index contributed by atoms with van der Waals surface area (Å²) in [6.45, 7) is 2.98. The van der Waals surface area contributed by atoms with E-state index in [0.717, 1.165) is 25.6 Å². The van der Waals surface area contributed by atoms with E-state index in [1.807, 2.05) is 0 Å². The lowest BCUT2D eigenvalue weighted by Crippen LogP contribution is -2.36. The summed E-state index contributed by atoms with van der Waals surface area (Å²) < 4.78 is 0. The number of hydrogen-bond acceptors (Lipinski definition) is 3. The summed E-state index contributed by atoms with van der Waals surface area (Å²) in [5.41, 5.74) is 2.57. The Kier molecular flexibility index (Phi) is 1.33. The monoisotopic (exact) mass is 173 g/mol. The average Bonchev–Trinajstić information content (AvgIpc) is 2.61. The molecule has 1 aromatic carbocycles. The highest BCUT2D eigenvalue weighted by Gasteiger charge is 2.22. The van der Waals surface area contributed by atoms with Crippen molar-refractivity contribution in [2.45, 2.75) is 6.54 Å². The number of rotatable bonds is 0. The number of guanidine groups is 1. The molecule has 3 heteroatoms. The Balaban J connectivity index is 2.04. The van der Waals surface area contributed by atoms with Crippen molar-refractivity contribution in [1.82, 2.24) is 4.90 Å². The number of anilines is 1. The van der Waals surface area contributed by atoms with Crippen molar-refractivity contribution in [2.24, 2.45) is 4.99 Å². The molecule has 1 N–H and O–H groups in total. The zero-order chi connectivity index (χ0) is 8.67. The molecule has 0 atom stereocenters. The van der Waals surface area contributed by atoms with E-state index in [0.29, 0.717) is 0 Å². The van der Waals surface area contributed by atoms with E-state index in [1.165, 1.54) is 11.3 Å². The molecule has 2 aliphatic heterocycles. The average molecular weight is 173 g/mol. The van der Waals surface area contributed by atoms with Crippen LogP contribution in [-0.2, 0) is 6.54 Å². The van der Waals surface area contributed by atoms with Crippen LogP contribution in [0.2, 0.25) is 0 Å². The van der Waals surface area contributed by atoms with Crippen LogP contribution in [0.1, 0.15) is 5.56 Å². The molecule has 1 aromatic rings. The molecule has 2 aliphatic rings. The first kappa shape index (κ1) is 6.95. The molecule has 0 saturated heterocycles. The summed E-state index contributed by atoms with van der Waals surface area (Å²) in [5, 5.41) is 3.33. The lowest BCUT2D eigenvalue weighted by atomic mass is 10.1. The van der Waals surface area contributed by atoms with Gasteiger partial charge in [0, 0.05) is 18.8 Å². The Labute approximate surface area is 77.1 Å². The number of benzene rings is 1. The van der Waals surface area contributed by atoms with Gasteiger partial charge in [0.2, 0.25) is 0 Å². The van der Waals surface area contributed by atoms with Gasteiger partial charge in [-0.2, -0.15) is 0 Å². The van der Waals surface area contributed by atoms with Crippen LogP contribution in [0.5, 0.6) is 0 Å². The van der Waals surface area contributed by atoms with Crippen molar-refractivity contribution in [3.05, 3.63) is 29.8 Å². The SMILES string of the molecule is c1ccc2c(c1)CN1CCN=C1N2. The third-order valence-corrected chi connectivity index (χ3v) is 2.56. The Hall–Kier alpha value is -1.51. The van der Waals surface area contributed by atoms with Crippen molar-refractivity contribution in [3.63, 3.8) is 0 Å². The molecule has 66 valence electrons. The number of nitrogens with one attached hydrogen (secondary N) is 1. The van der Waals surface area contributed by atoms with Gasteiger partial charge in [-0.3, -0.25) is 4.99 Å². The van der Waals surface area contributed by atoms with E-state index in [9.17, 15) is 0 Å². The minimum absolute atomic E-state index is 0.927. The zero-order valence-electron chi connectivity index (χ0n) is 7.33. The smallest absolute Gasteiger partial charge is 0.198 e. The van der Waals surface area contributed by atoms with Crippen molar-refractivity contribution >= 4 is 11.6 Å². The molecule has 0 fully saturated rings. The van der Waals surface area contributed by atoms with Crippen LogP contribution in [0.3, 0.4) is 0 Å². The fourth-order valence-corrected chi connectivity index (χ4v) is 1.86. The van der Waals surface area contributed by atoms with E-state index < -0.39 is 0 Å². The van der Waals surface area contributed by atoms with Crippen molar-refractivity contribution in [3.8, 4) is 0 Å². The second-order valence-electron chi connectivity index (χ2n) is 3.41. The van der Waals surface area contributed by atoms with Crippen LogP contribution in [-0.4, -0.2) is 23.9 Å². The Bertz CT molecular complexity index is 370. The van der Waals surface area contributed by atoms with Gasteiger partial charge in [-0.25, -0.2) is 0 Å². The second-order valence-corrected chi connectivity index (χ2v) is 3.41. The van der Waals surface area contributed by atoms with Gasteiger partial charge >= 0.3 is 0 Å². The Morgan fingerprint density at radius 2 is 2.23 bits per heavy atom. The molecule has 0 amide bonds. The molecule has 0 unspecified atom stereocenters. The van der Waals surface area contributed by atoms with Gasteiger partial charge in [0.05, 0.1) is 6.54 Å². The summed E-state index contributed by atoms with van der Waals surface area (Å²) >= 11 is 0. The predicted octanol–water partition coefficient (Wildman–Crippen LogP) is 1.28. The molecule has 0 spiro atoms. The standard InChI is InChI=1S/C10H11N3/c1-2-4-9-8(3-1)7-13-6-5-11-10(13)12-9/h1-4H,5-7H2,(H,11,12). The van der Waals surface area contributed by atoms with Crippen molar-refractivity contribution in [2.75, 3.05) is 18.4 Å². The Morgan fingerprint density at radius 3 is 3.23 bits per heavy atom. The molecular weight excluding hydrogens is 162 g/mol. The van der Waals surface area contributed by atoms with Gasteiger partial charge in [-0.05, 0) is 11.6 Å². The first-order chi connectivity index (χ1) is 6.43. The molecular formula is C10H11N3. The van der Waals surface area contributed by atoms with Gasteiger partial charge < -0.3 is 10.2 Å². The minimum Gasteiger partial charge on any atom is -0.336 e. The number of para-hydroxylation sites is 1. The van der Waals surface area contributed by atoms with E-state index in [-0.39, 0.29) is 0 Å². The summed E-state index contributed by atoms with van der Waals surface area (Å²) in [7, 11) is 0. The normalized spacial score (nSPS) is 18.8. The van der Waals surface area contributed by atoms with Crippen LogP contribution >= 0.6 is 0 Å². The molecule has 0 radical (unpaired) electrons. The second kappa shape index (κ2) is 2.49. The van der Waals surface area contributed by atoms with Crippen LogP contribution in [0.15, 0.2) is 29.3 Å². The number of aliphatic imine (C=N–C) groups is 1. The van der Waals surface area contributed by atoms with Crippen molar-refractivity contribution < 1.29 is 0 Å². The summed E-state index contributed by atoms with van der Waals surface area (Å²) in [4.78, 5) is 6.67. The fraction of sp³-hybridized carbons (Fsp3) is 0.300. The van der Waals surface area contributed by atoms with Crippen LogP contribution < -0.4 is 5.32 Å². The van der Waals surface area contributed by atoms with Crippen molar-refractivity contribution in [1.29, 1.82) is 0 Å². The van der Waals surface area contributed by atoms with Crippen LogP contribution in [0.4, 0.5) is 5.69 Å². The Morgan fingerprint density at radius 1 is 1.31 bits per heavy atom. The van der Waals surface area contributed by atoms with E-state index >= 15 is 0 Å². The highest BCUT2D eigenvalue weighted by molar-refractivity contribution is 5.97. The number of hydrogen-bond donors (Lipinski definition) is 1. The highest BCUT2D eigenvalue weighted by Crippen LogP contribution is 2.23. The fourth-order valence-electron chi connectivity index (χ4n) is 1.86. The molecule has 0 bridgehead atoms. The van der Waals surface area contributed by atoms with Crippen LogP contribution in [0, 0.1) is 0 Å². The third kappa shape index (κ3) is 1.00. The summed E-state index contributed by atoms with van der Waals surface area (Å²) in [5.74, 6) is 1.04. The van der Waals surface area contributed by atoms with Crippen LogP contribution in [0.25, 0.3) is 0 Å². The zero-order valence-corrected chi connectivity index (χ0v) is 7.33. The minimum atomic E-state index is 0.927. The predicted molar refractivity (Wildman–Crippen MR) is 52.8 cm³/mol. The quantitative estimate of drug-likeness (QED) is 0.640. The van der Waals surface area contributed by atoms with Gasteiger partial charge in [0.1, 0.15) is 0 Å². The molecule has 0 aromatic heterocycles. The van der Waals surface area contributed by atoms with E-state index in [2.05, 4.69) is 39.5 Å². The third-order valence-electron chi connectivity index (χ3n) is 2.56. The summed E-state index contributed by atoms with van der Waals surface area (Å²) in [6, 6.07) is 8.40. The molecule has 3 nitrogen and oxygen atoms in total. The van der Waals surface area contributed by atoms with E-state index in [4.69, 9.17) is 0 Å². The first-order valence-corrected chi connectivity index (χ1v) is 4.58. The number of nitrogens with zero attached hydrogens (tertiary/aromatic N) is 2. The van der Waals surface area contributed by atoms with Gasteiger partial charge in [0.25, 0.3) is 0 Å². The maximum atomic E-state index is 4.39. The molecule has 0 saturated carbocycles. The lowest BCUT2D eigenvalue weighted by molar-refractivity contribution is 0.445. The lowest BCUT2D eigenvalue weighted by Gasteiger charge is -2.28. The molecule has 2 heterocycles. The number of fused-ring (bicyclic) bond motifs is 2. The van der Waals surface area contributed by atoms with Gasteiger partial charge in [-0.1, -0.05) is 18.2 Å². The molecule has 0 aliphatic carbocycles.